The van der Waals surface area contributed by atoms with Crippen LogP contribution in [0.4, 0.5) is 25.8 Å². The van der Waals surface area contributed by atoms with Gasteiger partial charge in [0.15, 0.2) is 5.78 Å². The Morgan fingerprint density at radius 2 is 1.62 bits per heavy atom. The van der Waals surface area contributed by atoms with E-state index < -0.39 is 17.7 Å². The first kappa shape index (κ1) is 28.2. The van der Waals surface area contributed by atoms with E-state index in [-0.39, 0.29) is 23.7 Å². The number of hydrogen-bond acceptors (Lipinski definition) is 5. The summed E-state index contributed by atoms with van der Waals surface area (Å²) in [6, 6.07) is 17.7. The molecule has 0 spiro atoms. The summed E-state index contributed by atoms with van der Waals surface area (Å²) in [5.41, 5.74) is 3.68. The number of halogens is 3. The van der Waals surface area contributed by atoms with Gasteiger partial charge in [-0.15, -0.1) is 0 Å². The first-order valence-corrected chi connectivity index (χ1v) is 14.6. The lowest BCUT2D eigenvalue weighted by molar-refractivity contribution is -0.130. The summed E-state index contributed by atoms with van der Waals surface area (Å²) in [5, 5.41) is 4.15. The monoisotopic (exact) mass is 590 g/mol. The molecule has 1 saturated heterocycles. The van der Waals surface area contributed by atoms with E-state index in [0.717, 1.165) is 23.1 Å². The molecule has 9 heteroatoms. The highest BCUT2D eigenvalue weighted by molar-refractivity contribution is 6.30. The summed E-state index contributed by atoms with van der Waals surface area (Å²) < 4.78 is 29.3. The van der Waals surface area contributed by atoms with E-state index in [1.165, 1.54) is 12.1 Å². The van der Waals surface area contributed by atoms with Crippen molar-refractivity contribution >= 4 is 40.4 Å². The fourth-order valence-electron chi connectivity index (χ4n) is 6.42. The van der Waals surface area contributed by atoms with E-state index in [0.29, 0.717) is 60.9 Å². The summed E-state index contributed by atoms with van der Waals surface area (Å²) >= 11 is 6.05. The molecule has 0 radical (unpaired) electrons. The van der Waals surface area contributed by atoms with E-state index in [1.54, 1.807) is 0 Å². The molecule has 1 amide bonds. The zero-order chi connectivity index (χ0) is 29.6. The molecule has 6 nitrogen and oxygen atoms in total. The fourth-order valence-corrected chi connectivity index (χ4v) is 6.54. The second kappa shape index (κ2) is 11.1. The number of rotatable bonds is 4. The quantitative estimate of drug-likeness (QED) is 0.372. The van der Waals surface area contributed by atoms with Crippen molar-refractivity contribution in [1.82, 2.24) is 4.90 Å². The standard InChI is InChI=1S/C33H33ClF2N4O2/c1-33(2)18-27-31(29(41)19-33)32(21-15-23(35)17-24(36)16-21)40(28-6-4-3-5-26(28)37-27)20-30(42)39-13-11-38(12-14-39)25-9-7-22(34)8-10-25/h3-10,15-17,32,37H,11-14,18-20H2,1-2H3. The number of amides is 1. The van der Waals surface area contributed by atoms with Gasteiger partial charge in [-0.1, -0.05) is 37.6 Å². The van der Waals surface area contributed by atoms with E-state index in [4.69, 9.17) is 11.6 Å². The summed E-state index contributed by atoms with van der Waals surface area (Å²) in [6.07, 6.45) is 0.887. The third-order valence-corrected chi connectivity index (χ3v) is 8.59. The topological polar surface area (TPSA) is 55.9 Å². The highest BCUT2D eigenvalue weighted by atomic mass is 35.5. The lowest BCUT2D eigenvalue weighted by Crippen LogP contribution is -2.52. The molecule has 3 aliphatic rings. The Hall–Kier alpha value is -3.91. The molecule has 3 aromatic rings. The molecule has 2 heterocycles. The summed E-state index contributed by atoms with van der Waals surface area (Å²) in [4.78, 5) is 33.6. The van der Waals surface area contributed by atoms with Crippen molar-refractivity contribution in [3.63, 3.8) is 0 Å². The van der Waals surface area contributed by atoms with Gasteiger partial charge in [-0.3, -0.25) is 9.59 Å². The highest BCUT2D eigenvalue weighted by Crippen LogP contribution is 2.48. The van der Waals surface area contributed by atoms with Crippen LogP contribution in [0.25, 0.3) is 0 Å². The van der Waals surface area contributed by atoms with Gasteiger partial charge in [-0.05, 0) is 65.9 Å². The normalized spacial score (nSPS) is 20.1. The van der Waals surface area contributed by atoms with Crippen LogP contribution in [-0.2, 0) is 9.59 Å². The molecule has 1 aliphatic carbocycles. The first-order valence-electron chi connectivity index (χ1n) is 14.2. The Morgan fingerprint density at radius 3 is 2.31 bits per heavy atom. The zero-order valence-corrected chi connectivity index (χ0v) is 24.4. The molecule has 0 bridgehead atoms. The predicted octanol–water partition coefficient (Wildman–Crippen LogP) is 6.58. The number of anilines is 3. The Labute approximate surface area is 249 Å². The van der Waals surface area contributed by atoms with Crippen molar-refractivity contribution in [1.29, 1.82) is 0 Å². The second-order valence-electron chi connectivity index (χ2n) is 12.1. The lowest BCUT2D eigenvalue weighted by Gasteiger charge is -2.40. The number of hydrogen-bond donors (Lipinski definition) is 1. The molecule has 1 N–H and O–H groups in total. The number of ketones is 1. The van der Waals surface area contributed by atoms with Gasteiger partial charge in [-0.2, -0.15) is 0 Å². The molecular formula is C33H33ClF2N4O2. The van der Waals surface area contributed by atoms with Crippen molar-refractivity contribution < 1.29 is 18.4 Å². The van der Waals surface area contributed by atoms with Crippen LogP contribution in [0.1, 0.15) is 38.3 Å². The number of nitrogens with zero attached hydrogens (tertiary/aromatic N) is 3. The maximum Gasteiger partial charge on any atom is 0.242 e. The number of para-hydroxylation sites is 2. The average molecular weight is 591 g/mol. The average Bonchev–Trinajstić information content (AvgIpc) is 3.07. The van der Waals surface area contributed by atoms with E-state index in [2.05, 4.69) is 10.2 Å². The van der Waals surface area contributed by atoms with Gasteiger partial charge in [-0.25, -0.2) is 8.78 Å². The third kappa shape index (κ3) is 5.60. The molecule has 2 aliphatic heterocycles. The number of fused-ring (bicyclic) bond motifs is 1. The first-order chi connectivity index (χ1) is 20.1. The number of carbonyl (C=O) groups excluding carboxylic acids is 2. The molecule has 0 saturated carbocycles. The zero-order valence-electron chi connectivity index (χ0n) is 23.7. The summed E-state index contributed by atoms with van der Waals surface area (Å²) in [5.74, 6) is -1.67. The van der Waals surface area contributed by atoms with Crippen molar-refractivity contribution in [3.8, 4) is 0 Å². The van der Waals surface area contributed by atoms with Crippen molar-refractivity contribution in [2.75, 3.05) is 47.8 Å². The Kier molecular flexibility index (Phi) is 7.43. The Balaban J connectivity index is 1.36. The van der Waals surface area contributed by atoms with Crippen LogP contribution < -0.4 is 15.1 Å². The molecule has 6 rings (SSSR count). The minimum absolute atomic E-state index is 0.0596. The number of allylic oxidation sites excluding steroid dienone is 1. The minimum Gasteiger partial charge on any atom is -0.368 e. The molecule has 42 heavy (non-hydrogen) atoms. The van der Waals surface area contributed by atoms with E-state index in [1.807, 2.05) is 72.2 Å². The van der Waals surface area contributed by atoms with Crippen molar-refractivity contribution in [2.45, 2.75) is 32.7 Å². The lowest BCUT2D eigenvalue weighted by atomic mass is 9.73. The third-order valence-electron chi connectivity index (χ3n) is 8.33. The van der Waals surface area contributed by atoms with Gasteiger partial charge in [0, 0.05) is 60.6 Å². The van der Waals surface area contributed by atoms with Gasteiger partial charge in [0.1, 0.15) is 11.6 Å². The number of benzene rings is 3. The maximum absolute atomic E-state index is 14.6. The summed E-state index contributed by atoms with van der Waals surface area (Å²) in [7, 11) is 0. The van der Waals surface area contributed by atoms with E-state index >= 15 is 0 Å². The van der Waals surface area contributed by atoms with Crippen LogP contribution in [0.3, 0.4) is 0 Å². The maximum atomic E-state index is 14.6. The van der Waals surface area contributed by atoms with Gasteiger partial charge >= 0.3 is 0 Å². The minimum atomic E-state index is -0.843. The Morgan fingerprint density at radius 1 is 0.952 bits per heavy atom. The van der Waals surface area contributed by atoms with Gasteiger partial charge in [0.05, 0.1) is 24.0 Å². The number of nitrogens with one attached hydrogen (secondary N) is 1. The number of Topliss-reactive ketones (excluding diaryl/α,β-unsaturated/α-hetero) is 1. The van der Waals surface area contributed by atoms with Crippen molar-refractivity contribution in [3.05, 3.63) is 100 Å². The molecule has 1 fully saturated rings. The Bertz CT molecular complexity index is 1540. The predicted molar refractivity (Wildman–Crippen MR) is 162 cm³/mol. The second-order valence-corrected chi connectivity index (χ2v) is 12.5. The molecule has 0 aromatic heterocycles. The van der Waals surface area contributed by atoms with Crippen LogP contribution in [0.15, 0.2) is 78.0 Å². The van der Waals surface area contributed by atoms with Crippen LogP contribution in [0.5, 0.6) is 0 Å². The number of piperazine rings is 1. The van der Waals surface area contributed by atoms with Gasteiger partial charge in [0.2, 0.25) is 5.91 Å². The van der Waals surface area contributed by atoms with E-state index in [9.17, 15) is 18.4 Å². The largest absolute Gasteiger partial charge is 0.368 e. The molecular weight excluding hydrogens is 558 g/mol. The molecule has 3 aromatic carbocycles. The van der Waals surface area contributed by atoms with Crippen LogP contribution in [0.2, 0.25) is 5.02 Å². The van der Waals surface area contributed by atoms with Crippen molar-refractivity contribution in [2.24, 2.45) is 5.41 Å². The van der Waals surface area contributed by atoms with Gasteiger partial charge < -0.3 is 20.0 Å². The number of carbonyl (C=O) groups is 2. The highest BCUT2D eigenvalue weighted by Gasteiger charge is 2.42. The van der Waals surface area contributed by atoms with Crippen LogP contribution in [0, 0.1) is 17.0 Å². The molecule has 1 unspecified atom stereocenters. The molecule has 1 atom stereocenters. The fraction of sp³-hybridized carbons (Fsp3) is 0.333. The van der Waals surface area contributed by atoms with Crippen LogP contribution >= 0.6 is 11.6 Å². The van der Waals surface area contributed by atoms with Crippen LogP contribution in [-0.4, -0.2) is 49.3 Å². The molecule has 218 valence electrons. The smallest absolute Gasteiger partial charge is 0.242 e. The summed E-state index contributed by atoms with van der Waals surface area (Å²) in [6.45, 7) is 6.38. The van der Waals surface area contributed by atoms with Gasteiger partial charge in [0.25, 0.3) is 0 Å². The SMILES string of the molecule is CC1(C)CC(=O)C2=C(C1)Nc1ccccc1N(CC(=O)N1CCN(c3ccc(Cl)cc3)CC1)C2c1cc(F)cc(F)c1.